The summed E-state index contributed by atoms with van der Waals surface area (Å²) >= 11 is 0. The molecule has 0 aromatic heterocycles. The highest BCUT2D eigenvalue weighted by Crippen LogP contribution is 2.29. The largest absolute Gasteiger partial charge is 0.495 e. The van der Waals surface area contributed by atoms with Crippen LogP contribution in [0.25, 0.3) is 0 Å². The van der Waals surface area contributed by atoms with Gasteiger partial charge in [0.1, 0.15) is 17.2 Å². The zero-order valence-corrected chi connectivity index (χ0v) is 16.5. The molecule has 0 atom stereocenters. The van der Waals surface area contributed by atoms with E-state index < -0.39 is 0 Å². The molecule has 0 unspecified atom stereocenters. The fourth-order valence-electron chi connectivity index (χ4n) is 3.78. The molecule has 4 rings (SSSR count). The van der Waals surface area contributed by atoms with Gasteiger partial charge in [-0.15, -0.1) is 0 Å². The molecule has 5 nitrogen and oxygen atoms in total. The van der Waals surface area contributed by atoms with E-state index in [1.165, 1.54) is 11.3 Å². The molecule has 2 aromatic carbocycles. The van der Waals surface area contributed by atoms with Crippen LogP contribution < -0.4 is 19.1 Å². The quantitative estimate of drug-likeness (QED) is 0.684. The number of hydrogen-bond donors (Lipinski definition) is 0. The molecule has 0 bridgehead atoms. The summed E-state index contributed by atoms with van der Waals surface area (Å²) in [6, 6.07) is 14.4. The predicted octanol–water partition coefficient (Wildman–Crippen LogP) is 3.73. The maximum Gasteiger partial charge on any atom is 0.142 e. The van der Waals surface area contributed by atoms with Crippen molar-refractivity contribution in [3.05, 3.63) is 60.4 Å². The minimum atomic E-state index is 0.724. The van der Waals surface area contributed by atoms with Crippen molar-refractivity contribution < 1.29 is 14.2 Å². The van der Waals surface area contributed by atoms with E-state index >= 15 is 0 Å². The summed E-state index contributed by atoms with van der Waals surface area (Å²) < 4.78 is 17.0. The fourth-order valence-corrected chi connectivity index (χ4v) is 3.78. The van der Waals surface area contributed by atoms with Crippen LogP contribution in [0.2, 0.25) is 0 Å². The number of fused-ring (bicyclic) bond motifs is 1. The van der Waals surface area contributed by atoms with Crippen molar-refractivity contribution in [2.24, 2.45) is 0 Å². The summed E-state index contributed by atoms with van der Waals surface area (Å²) in [5.74, 6) is 2.75. The molecule has 2 aliphatic heterocycles. The average molecular weight is 380 g/mol. The second-order valence-corrected chi connectivity index (χ2v) is 7.17. The Balaban J connectivity index is 1.19. The van der Waals surface area contributed by atoms with Crippen LogP contribution in [0, 0.1) is 0 Å². The number of anilines is 1. The van der Waals surface area contributed by atoms with Gasteiger partial charge < -0.3 is 19.1 Å². The number of ether oxygens (including phenoxy) is 3. The first-order valence-electron chi connectivity index (χ1n) is 10.0. The molecule has 1 saturated heterocycles. The normalized spacial score (nSPS) is 16.4. The molecule has 0 amide bonds. The fraction of sp³-hybridized carbons (Fsp3) is 0.391. The van der Waals surface area contributed by atoms with Gasteiger partial charge >= 0.3 is 0 Å². The highest BCUT2D eigenvalue weighted by Gasteiger charge is 2.19. The summed E-state index contributed by atoms with van der Waals surface area (Å²) in [6.45, 7) is 5.97. The highest BCUT2D eigenvalue weighted by molar-refractivity contribution is 5.58. The predicted molar refractivity (Wildman–Crippen MR) is 112 cm³/mol. The number of allylic oxidation sites excluding steroid dienone is 1. The van der Waals surface area contributed by atoms with Crippen molar-refractivity contribution in [3.63, 3.8) is 0 Å². The number of methoxy groups -OCH3 is 1. The van der Waals surface area contributed by atoms with E-state index in [1.807, 2.05) is 30.3 Å². The number of para-hydroxylation sites is 2. The smallest absolute Gasteiger partial charge is 0.142 e. The van der Waals surface area contributed by atoms with Gasteiger partial charge in [-0.05, 0) is 42.7 Å². The van der Waals surface area contributed by atoms with Crippen molar-refractivity contribution in [2.75, 3.05) is 51.3 Å². The molecule has 0 spiro atoms. The molecular formula is C23H28N2O3. The number of rotatable bonds is 7. The Morgan fingerprint density at radius 2 is 1.89 bits per heavy atom. The van der Waals surface area contributed by atoms with Crippen molar-refractivity contribution >= 4 is 5.69 Å². The number of piperazine rings is 1. The van der Waals surface area contributed by atoms with Gasteiger partial charge in [0.25, 0.3) is 0 Å². The minimum absolute atomic E-state index is 0.724. The zero-order valence-electron chi connectivity index (χ0n) is 16.5. The van der Waals surface area contributed by atoms with Gasteiger partial charge in [0.2, 0.25) is 0 Å². The minimum Gasteiger partial charge on any atom is -0.495 e. The Morgan fingerprint density at radius 3 is 2.75 bits per heavy atom. The van der Waals surface area contributed by atoms with Crippen LogP contribution in [0.15, 0.2) is 54.8 Å². The third-order valence-electron chi connectivity index (χ3n) is 5.35. The van der Waals surface area contributed by atoms with Gasteiger partial charge in [-0.1, -0.05) is 18.2 Å². The number of nitrogens with zero attached hydrogens (tertiary/aromatic N) is 2. The second kappa shape index (κ2) is 9.02. The lowest BCUT2D eigenvalue weighted by Gasteiger charge is -2.36. The summed E-state index contributed by atoms with van der Waals surface area (Å²) in [5, 5.41) is 0. The maximum atomic E-state index is 5.93. The van der Waals surface area contributed by atoms with E-state index in [0.717, 1.165) is 69.4 Å². The van der Waals surface area contributed by atoms with Crippen molar-refractivity contribution in [1.82, 2.24) is 4.90 Å². The Morgan fingerprint density at radius 1 is 1.04 bits per heavy atom. The van der Waals surface area contributed by atoms with E-state index in [2.05, 4.69) is 28.0 Å². The molecule has 0 saturated carbocycles. The summed E-state index contributed by atoms with van der Waals surface area (Å²) in [6.07, 6.45) is 5.72. The molecule has 2 aromatic rings. The van der Waals surface area contributed by atoms with Gasteiger partial charge in [-0.3, -0.25) is 4.90 Å². The van der Waals surface area contributed by atoms with Gasteiger partial charge in [0.15, 0.2) is 0 Å². The third-order valence-corrected chi connectivity index (χ3v) is 5.35. The lowest BCUT2D eigenvalue weighted by Crippen LogP contribution is -2.46. The molecule has 5 heteroatoms. The van der Waals surface area contributed by atoms with Crippen molar-refractivity contribution in [1.29, 1.82) is 0 Å². The maximum absolute atomic E-state index is 5.93. The van der Waals surface area contributed by atoms with Gasteiger partial charge in [0, 0.05) is 38.8 Å². The molecule has 0 N–H and O–H groups in total. The number of benzene rings is 2. The van der Waals surface area contributed by atoms with Crippen molar-refractivity contribution in [3.8, 4) is 17.2 Å². The lowest BCUT2D eigenvalue weighted by molar-refractivity contribution is 0.224. The van der Waals surface area contributed by atoms with Crippen LogP contribution in [0.4, 0.5) is 5.69 Å². The van der Waals surface area contributed by atoms with Crippen LogP contribution in [-0.2, 0) is 6.42 Å². The highest BCUT2D eigenvalue weighted by atomic mass is 16.5. The molecule has 0 radical (unpaired) electrons. The van der Waals surface area contributed by atoms with Crippen molar-refractivity contribution in [2.45, 2.75) is 12.8 Å². The van der Waals surface area contributed by atoms with Crippen LogP contribution in [0.1, 0.15) is 12.0 Å². The second-order valence-electron chi connectivity index (χ2n) is 7.17. The van der Waals surface area contributed by atoms with Crippen LogP contribution in [-0.4, -0.2) is 51.3 Å². The lowest BCUT2D eigenvalue weighted by atomic mass is 10.1. The topological polar surface area (TPSA) is 34.2 Å². The molecule has 2 aliphatic rings. The standard InChI is InChI=1S/C23H28N2O3/c1-26-22-8-3-2-7-21(22)25-14-12-24(13-15-25)11-5-17-27-20-10-9-19-6-4-16-28-23(19)18-20/h2-4,7-10,16,18H,5-6,11-15,17H2,1H3. The molecule has 28 heavy (non-hydrogen) atoms. The molecular weight excluding hydrogens is 352 g/mol. The first kappa shape index (κ1) is 18.7. The van der Waals surface area contributed by atoms with Gasteiger partial charge in [-0.2, -0.15) is 0 Å². The van der Waals surface area contributed by atoms with Gasteiger partial charge in [-0.25, -0.2) is 0 Å². The SMILES string of the molecule is COc1ccccc1N1CCN(CCCOc2ccc3c(c2)OC=CC3)CC1. The van der Waals surface area contributed by atoms with Crippen LogP contribution >= 0.6 is 0 Å². The monoisotopic (exact) mass is 380 g/mol. The van der Waals surface area contributed by atoms with Crippen LogP contribution in [0.5, 0.6) is 17.2 Å². The van der Waals surface area contributed by atoms with E-state index in [4.69, 9.17) is 14.2 Å². The Labute approximate surface area is 167 Å². The summed E-state index contributed by atoms with van der Waals surface area (Å²) in [5.41, 5.74) is 2.40. The van der Waals surface area contributed by atoms with E-state index in [0.29, 0.717) is 0 Å². The molecule has 2 heterocycles. The molecule has 0 aliphatic carbocycles. The molecule has 148 valence electrons. The average Bonchev–Trinajstić information content (AvgIpc) is 2.77. The first-order valence-corrected chi connectivity index (χ1v) is 10.0. The number of hydrogen-bond acceptors (Lipinski definition) is 5. The van der Waals surface area contributed by atoms with E-state index in [-0.39, 0.29) is 0 Å². The summed E-state index contributed by atoms with van der Waals surface area (Å²) in [7, 11) is 1.74. The van der Waals surface area contributed by atoms with E-state index in [1.54, 1.807) is 13.4 Å². The Bertz CT molecular complexity index is 813. The Hall–Kier alpha value is -2.66. The first-order chi connectivity index (χ1) is 13.8. The molecule has 1 fully saturated rings. The third kappa shape index (κ3) is 4.42. The Kier molecular flexibility index (Phi) is 6.02. The zero-order chi connectivity index (χ0) is 19.2. The summed E-state index contributed by atoms with van der Waals surface area (Å²) in [4.78, 5) is 4.92. The van der Waals surface area contributed by atoms with Gasteiger partial charge in [0.05, 0.1) is 25.7 Å². The van der Waals surface area contributed by atoms with Crippen LogP contribution in [0.3, 0.4) is 0 Å². The van der Waals surface area contributed by atoms with E-state index in [9.17, 15) is 0 Å².